The highest BCUT2D eigenvalue weighted by Crippen LogP contribution is 2.16. The molecule has 0 aliphatic carbocycles. The Morgan fingerprint density at radius 1 is 0.636 bits per heavy atom. The summed E-state index contributed by atoms with van der Waals surface area (Å²) in [5.74, 6) is -0.878. The number of benzene rings is 1. The van der Waals surface area contributed by atoms with Gasteiger partial charge in [-0.05, 0) is 38.2 Å². The lowest BCUT2D eigenvalue weighted by molar-refractivity contribution is 0.0488. The minimum absolute atomic E-state index is 0.293. The molecule has 0 unspecified atom stereocenters. The van der Waals surface area contributed by atoms with E-state index in [1.807, 2.05) is 19.6 Å². The number of esters is 1. The average molecular weight is 477 g/mol. The molecule has 0 saturated carbocycles. The Bertz CT molecular complexity index is 666. The van der Waals surface area contributed by atoms with Crippen molar-refractivity contribution in [1.82, 2.24) is 0 Å². The Kier molecular flexibility index (Phi) is 15.9. The van der Waals surface area contributed by atoms with Crippen LogP contribution in [0.15, 0.2) is 24.3 Å². The van der Waals surface area contributed by atoms with Gasteiger partial charge in [0.15, 0.2) is 0 Å². The van der Waals surface area contributed by atoms with Crippen molar-refractivity contribution in [3.63, 3.8) is 0 Å². The largest absolute Gasteiger partial charge is 0.516 e. The van der Waals surface area contributed by atoms with Crippen LogP contribution in [-0.4, -0.2) is 26.9 Å². The van der Waals surface area contributed by atoms with E-state index in [-0.39, 0.29) is 0 Å². The van der Waals surface area contributed by atoms with Crippen LogP contribution in [0, 0.1) is 0 Å². The summed E-state index contributed by atoms with van der Waals surface area (Å²) >= 11 is 0. The number of rotatable bonds is 19. The fraction of sp³-hybridized carbons (Fsp3) is 0.714. The van der Waals surface area contributed by atoms with Crippen molar-refractivity contribution in [2.45, 2.75) is 123 Å². The van der Waals surface area contributed by atoms with E-state index in [1.54, 1.807) is 24.3 Å². The summed E-state index contributed by atoms with van der Waals surface area (Å²) in [5.41, 5.74) is 0.586. The standard InChI is InChI=1S/C28H48O4Si/c1-5-6-7-8-9-10-11-12-13-14-15-16-17-18-21-24-31-27(29)25-22-19-20-23-26(25)28(30)32-33(2,3)4/h19-20,22-23H,5-18,21,24H2,1-4H3. The second kappa shape index (κ2) is 17.8. The summed E-state index contributed by atoms with van der Waals surface area (Å²) < 4.78 is 11.0. The molecule has 1 aromatic rings. The Morgan fingerprint density at radius 3 is 1.45 bits per heavy atom. The van der Waals surface area contributed by atoms with Gasteiger partial charge in [-0.3, -0.25) is 0 Å². The van der Waals surface area contributed by atoms with E-state index >= 15 is 0 Å². The summed E-state index contributed by atoms with van der Waals surface area (Å²) in [5, 5.41) is 0. The average Bonchev–Trinajstić information content (AvgIpc) is 2.77. The van der Waals surface area contributed by atoms with Crippen molar-refractivity contribution in [3.8, 4) is 0 Å². The van der Waals surface area contributed by atoms with E-state index in [9.17, 15) is 9.59 Å². The number of ether oxygens (including phenoxy) is 1. The van der Waals surface area contributed by atoms with Crippen LogP contribution in [-0.2, 0) is 9.16 Å². The molecule has 0 N–H and O–H groups in total. The quantitative estimate of drug-likeness (QED) is 0.114. The van der Waals surface area contributed by atoms with Crippen LogP contribution in [0.3, 0.4) is 0 Å². The molecule has 188 valence electrons. The first-order chi connectivity index (χ1) is 15.8. The van der Waals surface area contributed by atoms with Crippen molar-refractivity contribution in [2.24, 2.45) is 0 Å². The van der Waals surface area contributed by atoms with Crippen LogP contribution >= 0.6 is 0 Å². The maximum atomic E-state index is 12.5. The van der Waals surface area contributed by atoms with Crippen molar-refractivity contribution in [2.75, 3.05) is 6.61 Å². The van der Waals surface area contributed by atoms with Gasteiger partial charge in [0.1, 0.15) is 0 Å². The molecule has 5 heteroatoms. The molecule has 0 bridgehead atoms. The number of hydrogen-bond acceptors (Lipinski definition) is 4. The zero-order valence-corrected chi connectivity index (χ0v) is 22.8. The molecule has 0 fully saturated rings. The van der Waals surface area contributed by atoms with Crippen LogP contribution in [0.2, 0.25) is 19.6 Å². The molecule has 0 radical (unpaired) electrons. The van der Waals surface area contributed by atoms with Crippen LogP contribution in [0.25, 0.3) is 0 Å². The van der Waals surface area contributed by atoms with Crippen LogP contribution < -0.4 is 0 Å². The summed E-state index contributed by atoms with van der Waals surface area (Å²) in [4.78, 5) is 24.9. The molecule has 0 aromatic heterocycles. The first-order valence-corrected chi connectivity index (χ1v) is 16.8. The van der Waals surface area contributed by atoms with Gasteiger partial charge in [-0.1, -0.05) is 109 Å². The Morgan fingerprint density at radius 2 is 1.03 bits per heavy atom. The van der Waals surface area contributed by atoms with Gasteiger partial charge in [0, 0.05) is 0 Å². The maximum absolute atomic E-state index is 12.5. The third-order valence-electron chi connectivity index (χ3n) is 5.75. The Balaban J connectivity index is 2.07. The van der Waals surface area contributed by atoms with E-state index in [4.69, 9.17) is 9.16 Å². The molecule has 1 aromatic carbocycles. The topological polar surface area (TPSA) is 52.6 Å². The third-order valence-corrected chi connectivity index (χ3v) is 6.54. The lowest BCUT2D eigenvalue weighted by Gasteiger charge is -2.18. The number of carbonyl (C=O) groups excluding carboxylic acids is 2. The van der Waals surface area contributed by atoms with Gasteiger partial charge >= 0.3 is 11.9 Å². The molecule has 0 heterocycles. The second-order valence-corrected chi connectivity index (χ2v) is 14.6. The van der Waals surface area contributed by atoms with Crippen molar-refractivity contribution >= 4 is 20.3 Å². The maximum Gasteiger partial charge on any atom is 0.339 e. The molecule has 0 atom stereocenters. The van der Waals surface area contributed by atoms with Gasteiger partial charge in [-0.15, -0.1) is 0 Å². The normalized spacial score (nSPS) is 11.4. The van der Waals surface area contributed by atoms with E-state index in [1.165, 1.54) is 83.5 Å². The molecule has 0 aliphatic heterocycles. The smallest absolute Gasteiger partial charge is 0.339 e. The van der Waals surface area contributed by atoms with E-state index in [2.05, 4.69) is 6.92 Å². The fourth-order valence-corrected chi connectivity index (χ4v) is 4.55. The van der Waals surface area contributed by atoms with Gasteiger partial charge in [-0.2, -0.15) is 0 Å². The zero-order chi connectivity index (χ0) is 24.4. The fourth-order valence-electron chi connectivity index (χ4n) is 3.89. The van der Waals surface area contributed by atoms with E-state index in [0.717, 1.165) is 12.8 Å². The zero-order valence-electron chi connectivity index (χ0n) is 21.8. The number of carbonyl (C=O) groups is 2. The van der Waals surface area contributed by atoms with Gasteiger partial charge in [0.05, 0.1) is 17.7 Å². The first-order valence-electron chi connectivity index (χ1n) is 13.3. The van der Waals surface area contributed by atoms with E-state index in [0.29, 0.717) is 17.7 Å². The summed E-state index contributed by atoms with van der Waals surface area (Å²) in [6.07, 6.45) is 19.6. The predicted molar refractivity (Wildman–Crippen MR) is 140 cm³/mol. The SMILES string of the molecule is CCCCCCCCCCCCCCCCCOC(=O)c1ccccc1C(=O)O[Si](C)(C)C. The summed E-state index contributed by atoms with van der Waals surface area (Å²) in [6, 6.07) is 6.75. The molecule has 33 heavy (non-hydrogen) atoms. The van der Waals surface area contributed by atoms with Gasteiger partial charge < -0.3 is 9.16 Å². The molecule has 4 nitrogen and oxygen atoms in total. The second-order valence-electron chi connectivity index (χ2n) is 10.1. The van der Waals surface area contributed by atoms with Crippen molar-refractivity contribution in [3.05, 3.63) is 35.4 Å². The highest BCUT2D eigenvalue weighted by atomic mass is 28.4. The minimum Gasteiger partial charge on any atom is -0.516 e. The van der Waals surface area contributed by atoms with Crippen LogP contribution in [0.4, 0.5) is 0 Å². The predicted octanol–water partition coefficient (Wildman–Crippen LogP) is 8.71. The third kappa shape index (κ3) is 15.0. The molecule has 0 saturated heterocycles. The first kappa shape index (κ1) is 29.4. The molecule has 0 spiro atoms. The van der Waals surface area contributed by atoms with Crippen molar-refractivity contribution in [1.29, 1.82) is 0 Å². The minimum atomic E-state index is -2.03. The summed E-state index contributed by atoms with van der Waals surface area (Å²) in [6.45, 7) is 8.51. The van der Waals surface area contributed by atoms with E-state index < -0.39 is 20.3 Å². The Labute approximate surface area is 204 Å². The van der Waals surface area contributed by atoms with Crippen LogP contribution in [0.5, 0.6) is 0 Å². The molecule has 0 aliphatic rings. The molecular weight excluding hydrogens is 428 g/mol. The lowest BCUT2D eigenvalue weighted by Crippen LogP contribution is -2.30. The lowest BCUT2D eigenvalue weighted by atomic mass is 10.0. The number of unbranched alkanes of at least 4 members (excludes halogenated alkanes) is 14. The monoisotopic (exact) mass is 476 g/mol. The highest BCUT2D eigenvalue weighted by molar-refractivity contribution is 6.71. The van der Waals surface area contributed by atoms with Gasteiger partial charge in [-0.25, -0.2) is 9.59 Å². The summed E-state index contributed by atoms with van der Waals surface area (Å²) in [7, 11) is -2.03. The number of hydrogen-bond donors (Lipinski definition) is 0. The highest BCUT2D eigenvalue weighted by Gasteiger charge is 2.24. The molecule has 0 amide bonds. The molecule has 1 rings (SSSR count). The van der Waals surface area contributed by atoms with Crippen LogP contribution in [0.1, 0.15) is 124 Å². The van der Waals surface area contributed by atoms with Gasteiger partial charge in [0.25, 0.3) is 0 Å². The van der Waals surface area contributed by atoms with Gasteiger partial charge in [0.2, 0.25) is 8.32 Å². The Hall–Kier alpha value is -1.62. The molecular formula is C28H48O4Si. The van der Waals surface area contributed by atoms with Crippen molar-refractivity contribution < 1.29 is 18.8 Å².